The summed E-state index contributed by atoms with van der Waals surface area (Å²) in [6.07, 6.45) is 2.05. The van der Waals surface area contributed by atoms with Crippen LogP contribution in [0.15, 0.2) is 82.6 Å². The Balaban J connectivity index is 1.37. The van der Waals surface area contributed by atoms with Crippen molar-refractivity contribution >= 4 is 22.7 Å². The number of ether oxygens (including phenoxy) is 4. The number of benzene rings is 3. The average molecular weight is 605 g/mol. The highest BCUT2D eigenvalue weighted by molar-refractivity contribution is 5.88. The van der Waals surface area contributed by atoms with Gasteiger partial charge in [0.2, 0.25) is 5.75 Å². The van der Waals surface area contributed by atoms with Gasteiger partial charge in [-0.05, 0) is 55.0 Å². The Kier molecular flexibility index (Phi) is 8.56. The van der Waals surface area contributed by atoms with Gasteiger partial charge in [0.15, 0.2) is 23.1 Å². The molecule has 2 aromatic heterocycles. The van der Waals surface area contributed by atoms with E-state index in [1.165, 1.54) is 49.2 Å². The molecule has 2 heterocycles. The largest absolute Gasteiger partial charge is 0.493 e. The molecule has 0 bridgehead atoms. The predicted octanol–water partition coefficient (Wildman–Crippen LogP) is 5.66. The highest BCUT2D eigenvalue weighted by Gasteiger charge is 2.18. The minimum Gasteiger partial charge on any atom is -0.493 e. The van der Waals surface area contributed by atoms with Crippen LogP contribution in [0.1, 0.15) is 13.3 Å². The lowest BCUT2D eigenvalue weighted by Gasteiger charge is -2.14. The SMILES string of the molecule is CCCn1cc(OC(=O)Nc2ccc(Oc3ccnc4cc(OC)c(OC)cc34)c(F)c2)c(=O)n(-c2ccc(F)cc2)c1=O. The van der Waals surface area contributed by atoms with Crippen molar-refractivity contribution in [1.29, 1.82) is 0 Å². The van der Waals surface area contributed by atoms with Gasteiger partial charge in [-0.2, -0.15) is 0 Å². The van der Waals surface area contributed by atoms with Crippen molar-refractivity contribution in [2.75, 3.05) is 19.5 Å². The summed E-state index contributed by atoms with van der Waals surface area (Å²) in [6, 6.07) is 13.3. The second-order valence-electron chi connectivity index (χ2n) is 9.38. The van der Waals surface area contributed by atoms with Gasteiger partial charge in [-0.3, -0.25) is 19.7 Å². The number of amides is 1. The maximum atomic E-state index is 15.1. The molecule has 0 unspecified atom stereocenters. The predicted molar refractivity (Wildman–Crippen MR) is 158 cm³/mol. The van der Waals surface area contributed by atoms with Crippen LogP contribution in [0, 0.1) is 11.6 Å². The second-order valence-corrected chi connectivity index (χ2v) is 9.38. The molecule has 44 heavy (non-hydrogen) atoms. The number of methoxy groups -OCH3 is 2. The summed E-state index contributed by atoms with van der Waals surface area (Å²) < 4.78 is 52.2. The van der Waals surface area contributed by atoms with Crippen LogP contribution in [-0.2, 0) is 6.54 Å². The van der Waals surface area contributed by atoms with Crippen molar-refractivity contribution in [3.63, 3.8) is 0 Å². The van der Waals surface area contributed by atoms with Crippen molar-refractivity contribution in [1.82, 2.24) is 14.1 Å². The molecule has 226 valence electrons. The van der Waals surface area contributed by atoms with E-state index in [1.807, 2.05) is 6.92 Å². The number of carbonyl (C=O) groups excluding carboxylic acids is 1. The number of fused-ring (bicyclic) bond motifs is 1. The number of aryl methyl sites for hydroxylation is 1. The lowest BCUT2D eigenvalue weighted by Crippen LogP contribution is -2.39. The van der Waals surface area contributed by atoms with E-state index in [0.29, 0.717) is 34.6 Å². The minimum atomic E-state index is -1.11. The first-order valence-corrected chi connectivity index (χ1v) is 13.3. The molecule has 0 fully saturated rings. The minimum absolute atomic E-state index is 0.00609. The third-order valence-electron chi connectivity index (χ3n) is 6.48. The Morgan fingerprint density at radius 1 is 0.886 bits per heavy atom. The molecule has 0 saturated carbocycles. The molecular weight excluding hydrogens is 578 g/mol. The Labute approximate surface area is 248 Å². The average Bonchev–Trinajstić information content (AvgIpc) is 3.01. The lowest BCUT2D eigenvalue weighted by molar-refractivity contribution is 0.213. The topological polar surface area (TPSA) is 123 Å². The quantitative estimate of drug-likeness (QED) is 0.229. The number of carbonyl (C=O) groups is 1. The number of aromatic nitrogens is 3. The van der Waals surface area contributed by atoms with Crippen LogP contribution in [0.2, 0.25) is 0 Å². The fraction of sp³-hybridized carbons (Fsp3) is 0.161. The summed E-state index contributed by atoms with van der Waals surface area (Å²) in [5.74, 6) is -0.751. The molecule has 5 aromatic rings. The number of halogens is 2. The molecule has 0 aliphatic rings. The number of pyridine rings is 1. The van der Waals surface area contributed by atoms with Crippen LogP contribution >= 0.6 is 0 Å². The van der Waals surface area contributed by atoms with Gasteiger partial charge in [-0.25, -0.2) is 22.9 Å². The summed E-state index contributed by atoms with van der Waals surface area (Å²) >= 11 is 0. The Bertz CT molecular complexity index is 1970. The van der Waals surface area contributed by atoms with Crippen LogP contribution in [0.3, 0.4) is 0 Å². The number of anilines is 1. The lowest BCUT2D eigenvalue weighted by atomic mass is 10.2. The fourth-order valence-corrected chi connectivity index (χ4v) is 4.43. The van der Waals surface area contributed by atoms with Crippen molar-refractivity contribution < 1.29 is 32.5 Å². The van der Waals surface area contributed by atoms with Crippen LogP contribution in [0.4, 0.5) is 19.3 Å². The van der Waals surface area contributed by atoms with E-state index >= 15 is 4.39 Å². The summed E-state index contributed by atoms with van der Waals surface area (Å²) in [4.78, 5) is 43.1. The third kappa shape index (κ3) is 6.07. The molecule has 5 rings (SSSR count). The molecular formula is C31H26F2N4O7. The molecule has 13 heteroatoms. The first-order chi connectivity index (χ1) is 21.2. The van der Waals surface area contributed by atoms with E-state index < -0.39 is 34.7 Å². The van der Waals surface area contributed by atoms with Crippen LogP contribution in [0.25, 0.3) is 16.6 Å². The molecule has 0 spiro atoms. The standard InChI is InChI=1S/C31H26F2N4O7/c1-4-13-36-17-28(29(38)37(31(36)40)20-8-5-18(32)6-9-20)44-30(39)35-19-7-10-25(22(33)14-19)43-24-11-12-34-23-16-27(42-3)26(41-2)15-21(23)24/h5-12,14-17H,4,13H2,1-3H3,(H,35,39). The Morgan fingerprint density at radius 2 is 1.61 bits per heavy atom. The summed E-state index contributed by atoms with van der Waals surface area (Å²) in [5, 5.41) is 2.90. The highest BCUT2D eigenvalue weighted by atomic mass is 19.1. The van der Waals surface area contributed by atoms with Crippen LogP contribution in [0.5, 0.6) is 28.7 Å². The molecule has 11 nitrogen and oxygen atoms in total. The zero-order valence-corrected chi connectivity index (χ0v) is 23.8. The van der Waals surface area contributed by atoms with Crippen LogP contribution in [-0.4, -0.2) is 34.4 Å². The molecule has 3 aromatic carbocycles. The number of hydrogen-bond donors (Lipinski definition) is 1. The first-order valence-electron chi connectivity index (χ1n) is 13.3. The molecule has 0 aliphatic heterocycles. The van der Waals surface area contributed by atoms with Gasteiger partial charge in [0.05, 0.1) is 31.6 Å². The summed E-state index contributed by atoms with van der Waals surface area (Å²) in [5.41, 5.74) is -0.988. The van der Waals surface area contributed by atoms with Gasteiger partial charge in [0.1, 0.15) is 11.6 Å². The molecule has 0 saturated heterocycles. The molecule has 0 atom stereocenters. The summed E-state index contributed by atoms with van der Waals surface area (Å²) in [6.45, 7) is 2.04. The monoisotopic (exact) mass is 604 g/mol. The smallest absolute Gasteiger partial charge is 0.417 e. The number of hydrogen-bond acceptors (Lipinski definition) is 8. The molecule has 1 N–H and O–H groups in total. The van der Waals surface area contributed by atoms with Gasteiger partial charge < -0.3 is 18.9 Å². The van der Waals surface area contributed by atoms with Gasteiger partial charge >= 0.3 is 17.3 Å². The van der Waals surface area contributed by atoms with Gasteiger partial charge in [-0.15, -0.1) is 0 Å². The van der Waals surface area contributed by atoms with E-state index in [-0.39, 0.29) is 23.7 Å². The van der Waals surface area contributed by atoms with Gasteiger partial charge in [0, 0.05) is 35.9 Å². The Hall–Kier alpha value is -5.72. The highest BCUT2D eigenvalue weighted by Crippen LogP contribution is 2.37. The summed E-state index contributed by atoms with van der Waals surface area (Å²) in [7, 11) is 2.99. The first kappa shape index (κ1) is 29.8. The molecule has 0 radical (unpaired) electrons. The van der Waals surface area contributed by atoms with Gasteiger partial charge in [-0.1, -0.05) is 6.92 Å². The van der Waals surface area contributed by atoms with Crippen molar-refractivity contribution in [3.05, 3.63) is 106 Å². The van der Waals surface area contributed by atoms with Crippen LogP contribution < -0.4 is 35.5 Å². The number of nitrogens with one attached hydrogen (secondary N) is 1. The second kappa shape index (κ2) is 12.7. The van der Waals surface area contributed by atoms with Gasteiger partial charge in [0.25, 0.3) is 0 Å². The Morgan fingerprint density at radius 3 is 2.30 bits per heavy atom. The van der Waals surface area contributed by atoms with E-state index in [9.17, 15) is 18.8 Å². The molecule has 1 amide bonds. The van der Waals surface area contributed by atoms with E-state index in [1.54, 1.807) is 18.2 Å². The normalized spacial score (nSPS) is 10.8. The fourth-order valence-electron chi connectivity index (χ4n) is 4.43. The van der Waals surface area contributed by atoms with Crippen molar-refractivity contribution in [2.24, 2.45) is 0 Å². The van der Waals surface area contributed by atoms with E-state index in [2.05, 4.69) is 10.3 Å². The maximum absolute atomic E-state index is 15.1. The van der Waals surface area contributed by atoms with E-state index in [0.717, 1.165) is 29.0 Å². The number of rotatable bonds is 9. The van der Waals surface area contributed by atoms with Crippen molar-refractivity contribution in [2.45, 2.75) is 19.9 Å². The number of nitrogens with zero attached hydrogens (tertiary/aromatic N) is 3. The molecule has 0 aliphatic carbocycles. The maximum Gasteiger partial charge on any atom is 0.417 e. The third-order valence-corrected chi connectivity index (χ3v) is 6.48. The van der Waals surface area contributed by atoms with Crippen molar-refractivity contribution in [3.8, 4) is 34.4 Å². The zero-order chi connectivity index (χ0) is 31.4. The zero-order valence-electron chi connectivity index (χ0n) is 23.8. The van der Waals surface area contributed by atoms with E-state index in [4.69, 9.17) is 18.9 Å².